The topological polar surface area (TPSA) is 75.4 Å². The van der Waals surface area contributed by atoms with E-state index in [1.54, 1.807) is 24.3 Å². The number of benzene rings is 1. The Kier molecular flexibility index (Phi) is 5.13. The van der Waals surface area contributed by atoms with Crippen LogP contribution >= 0.6 is 0 Å². The summed E-state index contributed by atoms with van der Waals surface area (Å²) in [5.41, 5.74) is 6.54. The molecule has 1 rings (SSSR count). The Labute approximate surface area is 109 Å². The lowest BCUT2D eigenvalue weighted by atomic mass is 10.2. The van der Waals surface area contributed by atoms with Crippen LogP contribution in [0.3, 0.4) is 0 Å². The second-order valence-electron chi connectivity index (χ2n) is 4.50. The van der Waals surface area contributed by atoms with E-state index in [2.05, 4.69) is 5.32 Å². The quantitative estimate of drug-likeness (QED) is 0.812. The average molecular weight is 271 g/mol. The molecule has 0 aliphatic carbocycles. The minimum Gasteiger partial charge on any atom is -0.385 e. The predicted octanol–water partition coefficient (Wildman–Crippen LogP) is 1.09. The summed E-state index contributed by atoms with van der Waals surface area (Å²) in [6, 6.07) is 6.88. The number of hydrogen-bond donors (Lipinski definition) is 2. The Balaban J connectivity index is 2.69. The molecule has 1 aromatic carbocycles. The molecule has 5 nitrogen and oxygen atoms in total. The Bertz CT molecular complexity index is 467. The standard InChI is InChI=1S/C12H21N3O2S/c1-10(13)8-9-14-11-4-6-12(7-5-11)18(16,17)15(2)3/h4-7,10,14H,8-9,13H2,1-3H3. The molecule has 6 heteroatoms. The summed E-state index contributed by atoms with van der Waals surface area (Å²) in [7, 11) is -0.306. The Morgan fingerprint density at radius 3 is 2.28 bits per heavy atom. The minimum atomic E-state index is -3.34. The van der Waals surface area contributed by atoms with E-state index >= 15 is 0 Å². The summed E-state index contributed by atoms with van der Waals surface area (Å²) < 4.78 is 24.9. The molecule has 1 atom stereocenters. The molecule has 0 amide bonds. The van der Waals surface area contributed by atoms with E-state index in [1.165, 1.54) is 18.4 Å². The van der Waals surface area contributed by atoms with Gasteiger partial charge in [-0.25, -0.2) is 12.7 Å². The first kappa shape index (κ1) is 14.9. The SMILES string of the molecule is CC(N)CCNc1ccc(S(=O)(=O)N(C)C)cc1. The van der Waals surface area contributed by atoms with Crippen molar-refractivity contribution in [1.82, 2.24) is 4.31 Å². The van der Waals surface area contributed by atoms with Gasteiger partial charge >= 0.3 is 0 Å². The van der Waals surface area contributed by atoms with Gasteiger partial charge in [-0.3, -0.25) is 0 Å². The fourth-order valence-corrected chi connectivity index (χ4v) is 2.30. The highest BCUT2D eigenvalue weighted by molar-refractivity contribution is 7.89. The van der Waals surface area contributed by atoms with Crippen molar-refractivity contribution >= 4 is 15.7 Å². The molecular weight excluding hydrogens is 250 g/mol. The van der Waals surface area contributed by atoms with Gasteiger partial charge in [0.1, 0.15) is 0 Å². The molecule has 0 aromatic heterocycles. The lowest BCUT2D eigenvalue weighted by Crippen LogP contribution is -2.22. The zero-order valence-corrected chi connectivity index (χ0v) is 11.9. The van der Waals surface area contributed by atoms with Crippen molar-refractivity contribution < 1.29 is 8.42 Å². The van der Waals surface area contributed by atoms with Gasteiger partial charge in [-0.2, -0.15) is 0 Å². The molecule has 0 aliphatic heterocycles. The van der Waals surface area contributed by atoms with Gasteiger partial charge in [0.25, 0.3) is 0 Å². The third-order valence-corrected chi connectivity index (χ3v) is 4.39. The van der Waals surface area contributed by atoms with Crippen molar-refractivity contribution in [1.29, 1.82) is 0 Å². The first-order valence-corrected chi connectivity index (χ1v) is 7.30. The van der Waals surface area contributed by atoms with Crippen molar-refractivity contribution in [3.05, 3.63) is 24.3 Å². The maximum absolute atomic E-state index is 11.8. The largest absolute Gasteiger partial charge is 0.385 e. The van der Waals surface area contributed by atoms with Crippen LogP contribution < -0.4 is 11.1 Å². The lowest BCUT2D eigenvalue weighted by molar-refractivity contribution is 0.521. The molecule has 0 radical (unpaired) electrons. The second kappa shape index (κ2) is 6.17. The van der Waals surface area contributed by atoms with Gasteiger partial charge in [-0.05, 0) is 37.6 Å². The molecule has 18 heavy (non-hydrogen) atoms. The van der Waals surface area contributed by atoms with Crippen molar-refractivity contribution in [3.63, 3.8) is 0 Å². The number of sulfonamides is 1. The van der Waals surface area contributed by atoms with Crippen molar-refractivity contribution in [2.24, 2.45) is 5.73 Å². The van der Waals surface area contributed by atoms with E-state index in [9.17, 15) is 8.42 Å². The number of rotatable bonds is 6. The average Bonchev–Trinajstić information content (AvgIpc) is 2.29. The van der Waals surface area contributed by atoms with Crippen LogP contribution in [0.1, 0.15) is 13.3 Å². The number of nitrogens with two attached hydrogens (primary N) is 1. The molecule has 0 saturated carbocycles. The highest BCUT2D eigenvalue weighted by atomic mass is 32.2. The summed E-state index contributed by atoms with van der Waals surface area (Å²) in [6.45, 7) is 2.73. The maximum Gasteiger partial charge on any atom is 0.242 e. The fraction of sp³-hybridized carbons (Fsp3) is 0.500. The van der Waals surface area contributed by atoms with Gasteiger partial charge in [-0.1, -0.05) is 0 Å². The third-order valence-electron chi connectivity index (χ3n) is 2.56. The van der Waals surface area contributed by atoms with Crippen LogP contribution in [0.5, 0.6) is 0 Å². The van der Waals surface area contributed by atoms with Gasteiger partial charge in [0.2, 0.25) is 10.0 Å². The zero-order valence-electron chi connectivity index (χ0n) is 11.1. The van der Waals surface area contributed by atoms with Crippen LogP contribution in [0, 0.1) is 0 Å². The summed E-state index contributed by atoms with van der Waals surface area (Å²) in [5.74, 6) is 0. The molecule has 0 spiro atoms. The van der Waals surface area contributed by atoms with E-state index in [0.717, 1.165) is 18.7 Å². The first-order valence-electron chi connectivity index (χ1n) is 5.86. The van der Waals surface area contributed by atoms with Gasteiger partial charge in [0.15, 0.2) is 0 Å². The molecular formula is C12H21N3O2S. The molecule has 0 fully saturated rings. The monoisotopic (exact) mass is 271 g/mol. The summed E-state index contributed by atoms with van der Waals surface area (Å²) in [4.78, 5) is 0.297. The fourth-order valence-electron chi connectivity index (χ4n) is 1.40. The maximum atomic E-state index is 11.8. The van der Waals surface area contributed by atoms with Gasteiger partial charge in [0.05, 0.1) is 4.90 Å². The van der Waals surface area contributed by atoms with E-state index in [4.69, 9.17) is 5.73 Å². The molecule has 1 unspecified atom stereocenters. The smallest absolute Gasteiger partial charge is 0.242 e. The second-order valence-corrected chi connectivity index (χ2v) is 6.66. The first-order chi connectivity index (χ1) is 8.34. The molecule has 1 aromatic rings. The molecule has 0 aliphatic rings. The van der Waals surface area contributed by atoms with E-state index in [0.29, 0.717) is 4.90 Å². The van der Waals surface area contributed by atoms with Crippen LogP contribution in [0.2, 0.25) is 0 Å². The summed E-state index contributed by atoms with van der Waals surface area (Å²) in [5, 5.41) is 3.20. The van der Waals surface area contributed by atoms with E-state index in [1.807, 2.05) is 6.92 Å². The molecule has 3 N–H and O–H groups in total. The number of hydrogen-bond acceptors (Lipinski definition) is 4. The molecule has 0 saturated heterocycles. The van der Waals surface area contributed by atoms with Crippen LogP contribution in [-0.2, 0) is 10.0 Å². The Morgan fingerprint density at radius 1 is 1.28 bits per heavy atom. The van der Waals surface area contributed by atoms with Crippen LogP contribution in [0.25, 0.3) is 0 Å². The summed E-state index contributed by atoms with van der Waals surface area (Å²) in [6.07, 6.45) is 0.873. The van der Waals surface area contributed by atoms with Crippen molar-refractivity contribution in [3.8, 4) is 0 Å². The molecule has 0 bridgehead atoms. The normalized spacial score (nSPS) is 13.6. The number of nitrogens with zero attached hydrogens (tertiary/aromatic N) is 1. The van der Waals surface area contributed by atoms with Crippen LogP contribution in [-0.4, -0.2) is 39.4 Å². The molecule has 102 valence electrons. The Morgan fingerprint density at radius 2 is 1.83 bits per heavy atom. The number of anilines is 1. The number of nitrogens with one attached hydrogen (secondary N) is 1. The highest BCUT2D eigenvalue weighted by Gasteiger charge is 2.16. The van der Waals surface area contributed by atoms with Gasteiger partial charge < -0.3 is 11.1 Å². The Hall–Kier alpha value is -1.11. The molecule has 0 heterocycles. The summed E-state index contributed by atoms with van der Waals surface area (Å²) >= 11 is 0. The zero-order chi connectivity index (χ0) is 13.8. The minimum absolute atomic E-state index is 0.158. The van der Waals surface area contributed by atoms with Crippen LogP contribution in [0.4, 0.5) is 5.69 Å². The van der Waals surface area contributed by atoms with Crippen LogP contribution in [0.15, 0.2) is 29.2 Å². The van der Waals surface area contributed by atoms with Gasteiger partial charge in [-0.15, -0.1) is 0 Å². The predicted molar refractivity (Wildman–Crippen MR) is 74.1 cm³/mol. The van der Waals surface area contributed by atoms with Gasteiger partial charge in [0, 0.05) is 32.4 Å². The van der Waals surface area contributed by atoms with Crippen molar-refractivity contribution in [2.45, 2.75) is 24.3 Å². The van der Waals surface area contributed by atoms with E-state index in [-0.39, 0.29) is 6.04 Å². The van der Waals surface area contributed by atoms with Crippen molar-refractivity contribution in [2.75, 3.05) is 26.0 Å². The highest BCUT2D eigenvalue weighted by Crippen LogP contribution is 2.16. The third kappa shape index (κ3) is 3.97. The van der Waals surface area contributed by atoms with E-state index < -0.39 is 10.0 Å². The lowest BCUT2D eigenvalue weighted by Gasteiger charge is -2.12.